The summed E-state index contributed by atoms with van der Waals surface area (Å²) in [5, 5.41) is 3.10. The quantitative estimate of drug-likeness (QED) is 0.122. The largest absolute Gasteiger partial charge is 0.456 e. The SMILES string of the molecule is [2H]c1c([2H])c([2H])c2c(c1[2H])c1c([2H])c([2H])c([2H])c([2H])c1n2-c1cccc(N(c2cc(N(c3cccc(-n4c5c([2H])c([2H])c([2H])c([2H])c5c5c([2H])c([2H])c([2H])c([2H])c54)c3)c3c(-c4ccccc4)cc(C(C)(C)C)cc3-c3cccc4oc5ccccc5c34)cc(C(C)(C)C)c2)c2c(-c3ccccc3)cc(C(C)(C)C)cc2-c2cccc3oc4ccccc4c23)c1. The average Bonchev–Trinajstić information content (AvgIpc) is 1.54. The molecular weight excluding hydrogens is 1310 g/mol. The van der Waals surface area contributed by atoms with Gasteiger partial charge in [0.2, 0.25) is 0 Å². The van der Waals surface area contributed by atoms with Crippen LogP contribution in [0.25, 0.3) is 143 Å². The number of fused-ring (bicyclic) bond motifs is 12. The Morgan fingerprint density at radius 3 is 0.972 bits per heavy atom. The van der Waals surface area contributed by atoms with Crippen LogP contribution in [0.2, 0.25) is 0 Å². The van der Waals surface area contributed by atoms with Gasteiger partial charge in [0.05, 0.1) is 55.4 Å². The second-order valence-corrected chi connectivity index (χ2v) is 30.9. The number of rotatable bonds is 12. The summed E-state index contributed by atoms with van der Waals surface area (Å²) >= 11 is 0. The fourth-order valence-corrected chi connectivity index (χ4v) is 15.7. The summed E-state index contributed by atoms with van der Waals surface area (Å²) in [5.74, 6) is 0. The Balaban J connectivity index is 1.02. The van der Waals surface area contributed by atoms with Crippen molar-refractivity contribution in [2.75, 3.05) is 9.80 Å². The Hall–Kier alpha value is -12.9. The minimum atomic E-state index is -0.735. The number of nitrogens with zero attached hydrogens (tertiary/aromatic N) is 4. The zero-order chi connectivity index (χ0) is 87.2. The maximum Gasteiger partial charge on any atom is 0.136 e. The zero-order valence-electron chi connectivity index (χ0n) is 77.1. The second kappa shape index (κ2) is 25.4. The molecule has 15 aromatic carbocycles. The molecule has 0 saturated heterocycles. The smallest absolute Gasteiger partial charge is 0.136 e. The average molecular weight is 1410 g/mol. The molecule has 0 aliphatic carbocycles. The third-order valence-electron chi connectivity index (χ3n) is 21.0. The van der Waals surface area contributed by atoms with Gasteiger partial charge < -0.3 is 27.8 Å². The standard InChI is InChI=1S/C102H82N4O2/c1-100(2,3)67-56-74(103(70-36-28-38-72(62-70)105-88-48-22-16-40-76(88)77-41-17-23-49-89(77)105)98-84(65-32-12-10-13-33-65)58-68(101(4,5)6)60-86(98)80-46-30-54-94-96(80)82-44-20-26-52-92(82)107-94)64-75(57-67)104(71-37-29-39-73(63-71)106-90-50-24-18-42-78(90)79-43-19-25-51-91(79)106)99-85(66-34-14-11-15-35-66)59-69(102(7,8)9)61-87(99)81-47-31-55-95-97(81)83-45-21-27-53-93(83)108-95/h10-64H,1-9H3/i16D,17D,18D,19D,22D,23D,24D,25D,40D,41D,42D,43D,48D,49D,50D,51D. The molecule has 6 heteroatoms. The van der Waals surface area contributed by atoms with Crippen LogP contribution in [0.1, 0.15) is 101 Å². The molecule has 0 fully saturated rings. The van der Waals surface area contributed by atoms with Crippen LogP contribution >= 0.6 is 0 Å². The van der Waals surface area contributed by atoms with Crippen molar-refractivity contribution in [1.82, 2.24) is 9.13 Å². The van der Waals surface area contributed by atoms with E-state index in [1.807, 2.05) is 133 Å². The van der Waals surface area contributed by atoms with Gasteiger partial charge in [-0.25, -0.2) is 0 Å². The van der Waals surface area contributed by atoms with Crippen molar-refractivity contribution >= 4 is 122 Å². The van der Waals surface area contributed by atoms with E-state index in [1.54, 1.807) is 21.3 Å². The Morgan fingerprint density at radius 1 is 0.269 bits per heavy atom. The summed E-state index contributed by atoms with van der Waals surface area (Å²) in [4.78, 5) is 4.44. The number of hydrogen-bond donors (Lipinski definition) is 0. The highest BCUT2D eigenvalue weighted by Crippen LogP contribution is 2.56. The summed E-state index contributed by atoms with van der Waals surface area (Å²) in [6.45, 7) is 19.6. The fraction of sp³-hybridized carbons (Fsp3) is 0.118. The molecule has 0 aliphatic heterocycles. The highest BCUT2D eigenvalue weighted by atomic mass is 16.3. The predicted molar refractivity (Wildman–Crippen MR) is 457 cm³/mol. The van der Waals surface area contributed by atoms with E-state index in [1.165, 1.54) is 0 Å². The molecule has 19 aromatic rings. The van der Waals surface area contributed by atoms with Crippen LogP contribution in [-0.4, -0.2) is 9.13 Å². The highest BCUT2D eigenvalue weighted by Gasteiger charge is 2.34. The van der Waals surface area contributed by atoms with Gasteiger partial charge in [0.1, 0.15) is 22.3 Å². The molecular formula is C102H82N4O2. The van der Waals surface area contributed by atoms with Gasteiger partial charge in [-0.05, 0) is 182 Å². The summed E-state index contributed by atoms with van der Waals surface area (Å²) < 4.78 is 168. The molecule has 0 saturated carbocycles. The van der Waals surface area contributed by atoms with Gasteiger partial charge >= 0.3 is 0 Å². The van der Waals surface area contributed by atoms with Gasteiger partial charge in [-0.15, -0.1) is 0 Å². The van der Waals surface area contributed by atoms with Gasteiger partial charge in [0.25, 0.3) is 0 Å². The summed E-state index contributed by atoms with van der Waals surface area (Å²) in [5.41, 5.74) is 13.9. The Labute approximate surface area is 652 Å². The number of anilines is 6. The van der Waals surface area contributed by atoms with Crippen molar-refractivity contribution in [1.29, 1.82) is 0 Å². The van der Waals surface area contributed by atoms with E-state index in [4.69, 9.17) is 14.3 Å². The van der Waals surface area contributed by atoms with Gasteiger partial charge in [-0.2, -0.15) is 0 Å². The lowest BCUT2D eigenvalue weighted by molar-refractivity contribution is 0.590. The fourth-order valence-electron chi connectivity index (χ4n) is 15.7. The summed E-state index contributed by atoms with van der Waals surface area (Å²) in [6.07, 6.45) is 0. The monoisotopic (exact) mass is 1410 g/mol. The van der Waals surface area contributed by atoms with Gasteiger partial charge in [0, 0.05) is 99.5 Å². The van der Waals surface area contributed by atoms with E-state index in [0.717, 1.165) is 82.7 Å². The lowest BCUT2D eigenvalue weighted by Gasteiger charge is -2.36. The molecule has 0 bridgehead atoms. The van der Waals surface area contributed by atoms with Crippen molar-refractivity contribution in [3.63, 3.8) is 0 Å². The van der Waals surface area contributed by atoms with Crippen LogP contribution in [0.5, 0.6) is 0 Å². The molecule has 4 aromatic heterocycles. The third-order valence-corrected chi connectivity index (χ3v) is 21.0. The predicted octanol–water partition coefficient (Wildman–Crippen LogP) is 29.2. The van der Waals surface area contributed by atoms with E-state index in [-0.39, 0.29) is 55.0 Å². The number of aromatic nitrogens is 2. The first kappa shape index (κ1) is 50.5. The molecule has 4 heterocycles. The maximum atomic E-state index is 9.84. The molecule has 0 N–H and O–H groups in total. The highest BCUT2D eigenvalue weighted by molar-refractivity contribution is 6.18. The van der Waals surface area contributed by atoms with E-state index in [2.05, 4.69) is 163 Å². The van der Waals surface area contributed by atoms with E-state index < -0.39 is 113 Å². The van der Waals surface area contributed by atoms with Crippen LogP contribution < -0.4 is 9.80 Å². The van der Waals surface area contributed by atoms with Crippen LogP contribution in [0.3, 0.4) is 0 Å². The van der Waals surface area contributed by atoms with Crippen molar-refractivity contribution < 1.29 is 30.8 Å². The van der Waals surface area contributed by atoms with E-state index in [9.17, 15) is 16.4 Å². The van der Waals surface area contributed by atoms with Gasteiger partial charge in [-0.3, -0.25) is 0 Å². The van der Waals surface area contributed by atoms with Crippen LogP contribution in [0.4, 0.5) is 34.1 Å². The van der Waals surface area contributed by atoms with Crippen molar-refractivity contribution in [2.24, 2.45) is 0 Å². The summed E-state index contributed by atoms with van der Waals surface area (Å²) in [6, 6.07) is 70.7. The van der Waals surface area contributed by atoms with Crippen molar-refractivity contribution in [3.05, 3.63) is 350 Å². The van der Waals surface area contributed by atoms with Crippen molar-refractivity contribution in [2.45, 2.75) is 78.6 Å². The number of hydrogen-bond acceptors (Lipinski definition) is 4. The maximum absolute atomic E-state index is 9.84. The van der Waals surface area contributed by atoms with Crippen LogP contribution in [0.15, 0.2) is 342 Å². The Bertz CT molecular complexity index is 7180. The second-order valence-electron chi connectivity index (χ2n) is 30.9. The molecule has 0 spiro atoms. The molecule has 522 valence electrons. The van der Waals surface area contributed by atoms with Crippen LogP contribution in [-0.2, 0) is 16.2 Å². The van der Waals surface area contributed by atoms with Crippen molar-refractivity contribution in [3.8, 4) is 55.9 Å². The molecule has 0 amide bonds. The first-order valence-corrected chi connectivity index (χ1v) is 36.4. The summed E-state index contributed by atoms with van der Waals surface area (Å²) in [7, 11) is 0. The number of para-hydroxylation sites is 6. The minimum Gasteiger partial charge on any atom is -0.456 e. The molecule has 0 unspecified atom stereocenters. The van der Waals surface area contributed by atoms with E-state index in [0.29, 0.717) is 56.5 Å². The first-order chi connectivity index (χ1) is 59.1. The van der Waals surface area contributed by atoms with Crippen LogP contribution in [0, 0.1) is 0 Å². The van der Waals surface area contributed by atoms with E-state index >= 15 is 0 Å². The molecule has 19 rings (SSSR count). The minimum absolute atomic E-state index is 0.0615. The van der Waals surface area contributed by atoms with Gasteiger partial charge in [-0.1, -0.05) is 268 Å². The lowest BCUT2D eigenvalue weighted by atomic mass is 9.81. The Morgan fingerprint density at radius 2 is 0.593 bits per heavy atom. The molecule has 0 atom stereocenters. The number of benzene rings is 15. The topological polar surface area (TPSA) is 42.6 Å². The lowest BCUT2D eigenvalue weighted by Crippen LogP contribution is -2.20. The third kappa shape index (κ3) is 11.1. The first-order valence-electron chi connectivity index (χ1n) is 44.4. The molecule has 0 radical (unpaired) electrons. The molecule has 108 heavy (non-hydrogen) atoms. The van der Waals surface area contributed by atoms with Gasteiger partial charge in [0.15, 0.2) is 0 Å². The zero-order valence-corrected chi connectivity index (χ0v) is 61.1. The Kier molecular flexibility index (Phi) is 11.9. The molecule has 6 nitrogen and oxygen atoms in total. The number of furan rings is 2. The molecule has 0 aliphatic rings. The normalized spacial score (nSPS) is 14.4.